The molecule has 3 N–H and O–H groups in total. The van der Waals surface area contributed by atoms with Gasteiger partial charge in [0.15, 0.2) is 11.6 Å². The van der Waals surface area contributed by atoms with Crippen LogP contribution in [0.4, 0.5) is 10.1 Å². The molecule has 128 valence electrons. The van der Waals surface area contributed by atoms with Crippen molar-refractivity contribution in [2.75, 3.05) is 11.9 Å². The summed E-state index contributed by atoms with van der Waals surface area (Å²) in [6.45, 7) is 1.12. The molecule has 8 heteroatoms. The zero-order valence-electron chi connectivity index (χ0n) is 13.3. The zero-order valence-corrected chi connectivity index (χ0v) is 13.3. The molecular weight excluding hydrogens is 327 g/mol. The Morgan fingerprint density at radius 1 is 1.24 bits per heavy atom. The van der Waals surface area contributed by atoms with E-state index in [1.54, 1.807) is 24.5 Å². The summed E-state index contributed by atoms with van der Waals surface area (Å²) in [7, 11) is 0. The van der Waals surface area contributed by atoms with Gasteiger partial charge in [-0.1, -0.05) is 0 Å². The van der Waals surface area contributed by atoms with Crippen molar-refractivity contribution in [2.24, 2.45) is 0 Å². The van der Waals surface area contributed by atoms with Gasteiger partial charge in [-0.3, -0.25) is 9.59 Å². The number of pyridine rings is 1. The maximum absolute atomic E-state index is 14.3. The number of amides is 2. The topological polar surface area (TPSA) is 96.1 Å². The molecule has 0 radical (unpaired) electrons. The summed E-state index contributed by atoms with van der Waals surface area (Å²) in [5.41, 5.74) is 0.904. The fourth-order valence-electron chi connectivity index (χ4n) is 2.21. The van der Waals surface area contributed by atoms with E-state index >= 15 is 0 Å². The van der Waals surface area contributed by atoms with E-state index in [0.29, 0.717) is 11.4 Å². The predicted molar refractivity (Wildman–Crippen MR) is 89.9 cm³/mol. The molecule has 2 aromatic heterocycles. The number of rotatable bonds is 5. The maximum atomic E-state index is 14.3. The second-order valence-electron chi connectivity index (χ2n) is 5.25. The highest BCUT2D eigenvalue weighted by Crippen LogP contribution is 2.30. The molecule has 0 aliphatic carbocycles. The average molecular weight is 342 g/mol. The summed E-state index contributed by atoms with van der Waals surface area (Å²) in [6.07, 6.45) is 3.28. The first-order valence-corrected chi connectivity index (χ1v) is 7.47. The second kappa shape index (κ2) is 7.00. The summed E-state index contributed by atoms with van der Waals surface area (Å²) in [5, 5.41) is 5.58. The molecule has 0 unspecified atom stereocenters. The molecule has 3 aromatic rings. The van der Waals surface area contributed by atoms with Gasteiger partial charge < -0.3 is 20.4 Å². The minimum atomic E-state index is -0.627. The highest BCUT2D eigenvalue weighted by molar-refractivity contribution is 5.94. The normalized spacial score (nSPS) is 10.5. The number of nitrogens with one attached hydrogen (secondary N) is 3. The second-order valence-corrected chi connectivity index (χ2v) is 5.25. The third kappa shape index (κ3) is 3.92. The van der Waals surface area contributed by atoms with Gasteiger partial charge in [0.2, 0.25) is 11.8 Å². The number of aromatic amines is 1. The number of carbonyl (C=O) groups excluding carboxylic acids is 2. The maximum Gasteiger partial charge on any atom is 0.243 e. The van der Waals surface area contributed by atoms with Crippen molar-refractivity contribution in [3.05, 3.63) is 48.5 Å². The van der Waals surface area contributed by atoms with Gasteiger partial charge in [-0.25, -0.2) is 9.37 Å². The summed E-state index contributed by atoms with van der Waals surface area (Å²) >= 11 is 0. The molecule has 0 aliphatic heterocycles. The number of hydrogen-bond donors (Lipinski definition) is 3. The number of H-pyrrole nitrogens is 1. The lowest BCUT2D eigenvalue weighted by atomic mass is 10.2. The molecule has 7 nitrogen and oxygen atoms in total. The van der Waals surface area contributed by atoms with E-state index in [9.17, 15) is 14.0 Å². The first-order chi connectivity index (χ1) is 12.0. The van der Waals surface area contributed by atoms with Gasteiger partial charge in [-0.05, 0) is 24.3 Å². The molecule has 25 heavy (non-hydrogen) atoms. The third-order valence-corrected chi connectivity index (χ3v) is 3.35. The zero-order chi connectivity index (χ0) is 17.8. The van der Waals surface area contributed by atoms with E-state index in [4.69, 9.17) is 4.74 Å². The van der Waals surface area contributed by atoms with Crippen molar-refractivity contribution in [3.8, 4) is 11.5 Å². The largest absolute Gasteiger partial charge is 0.453 e. The summed E-state index contributed by atoms with van der Waals surface area (Å²) < 4.78 is 19.9. The fraction of sp³-hybridized carbons (Fsp3) is 0.118. The molecule has 2 heterocycles. The van der Waals surface area contributed by atoms with Crippen molar-refractivity contribution >= 4 is 28.5 Å². The highest BCUT2D eigenvalue weighted by Gasteiger charge is 2.11. The number of carbonyl (C=O) groups is 2. The van der Waals surface area contributed by atoms with Crippen LogP contribution in [0.5, 0.6) is 11.5 Å². The van der Waals surface area contributed by atoms with Crippen LogP contribution in [0, 0.1) is 5.82 Å². The van der Waals surface area contributed by atoms with Crippen molar-refractivity contribution < 1.29 is 18.7 Å². The minimum absolute atomic E-state index is 0.0218. The number of aromatic nitrogens is 2. The lowest BCUT2D eigenvalue weighted by molar-refractivity contribution is -0.122. The number of benzene rings is 1. The molecule has 0 fully saturated rings. The number of anilines is 1. The SMILES string of the molecule is CC(=O)NCC(=O)Nc1ccc(Oc2ccnc3[nH]ccc23)c(F)c1. The number of nitrogens with zero attached hydrogens (tertiary/aromatic N) is 1. The van der Waals surface area contributed by atoms with Crippen LogP contribution in [-0.4, -0.2) is 28.3 Å². The Kier molecular flexibility index (Phi) is 4.60. The lowest BCUT2D eigenvalue weighted by Crippen LogP contribution is -2.31. The van der Waals surface area contributed by atoms with Crippen LogP contribution < -0.4 is 15.4 Å². The Hall–Kier alpha value is -3.42. The molecule has 0 atom stereocenters. The van der Waals surface area contributed by atoms with Crippen LogP contribution in [0.25, 0.3) is 11.0 Å². The smallest absolute Gasteiger partial charge is 0.243 e. The molecule has 0 bridgehead atoms. The quantitative estimate of drug-likeness (QED) is 0.664. The van der Waals surface area contributed by atoms with E-state index in [-0.39, 0.29) is 23.9 Å². The van der Waals surface area contributed by atoms with Crippen LogP contribution in [0.2, 0.25) is 0 Å². The summed E-state index contributed by atoms with van der Waals surface area (Å²) in [4.78, 5) is 29.5. The van der Waals surface area contributed by atoms with E-state index in [1.807, 2.05) is 0 Å². The molecule has 2 amide bonds. The summed E-state index contributed by atoms with van der Waals surface area (Å²) in [6, 6.07) is 7.50. The average Bonchev–Trinajstić information content (AvgIpc) is 3.05. The van der Waals surface area contributed by atoms with Gasteiger partial charge >= 0.3 is 0 Å². The number of ether oxygens (including phenoxy) is 1. The molecule has 0 saturated heterocycles. The van der Waals surface area contributed by atoms with Gasteiger partial charge in [-0.15, -0.1) is 0 Å². The van der Waals surface area contributed by atoms with Crippen LogP contribution in [0.1, 0.15) is 6.92 Å². The molecule has 0 aliphatic rings. The van der Waals surface area contributed by atoms with E-state index in [2.05, 4.69) is 20.6 Å². The van der Waals surface area contributed by atoms with Crippen molar-refractivity contribution in [1.29, 1.82) is 0 Å². The first kappa shape index (κ1) is 16.4. The Bertz CT molecular complexity index is 939. The first-order valence-electron chi connectivity index (χ1n) is 7.47. The van der Waals surface area contributed by atoms with E-state index in [1.165, 1.54) is 19.1 Å². The van der Waals surface area contributed by atoms with Gasteiger partial charge in [0, 0.05) is 31.1 Å². The Balaban J connectivity index is 1.73. The van der Waals surface area contributed by atoms with Crippen molar-refractivity contribution in [1.82, 2.24) is 15.3 Å². The Labute approximate surface area is 142 Å². The van der Waals surface area contributed by atoms with Crippen LogP contribution >= 0.6 is 0 Å². The van der Waals surface area contributed by atoms with Crippen LogP contribution in [-0.2, 0) is 9.59 Å². The lowest BCUT2D eigenvalue weighted by Gasteiger charge is -2.10. The summed E-state index contributed by atoms with van der Waals surface area (Å²) in [5.74, 6) is -0.913. The van der Waals surface area contributed by atoms with Crippen LogP contribution in [0.3, 0.4) is 0 Å². The van der Waals surface area contributed by atoms with Gasteiger partial charge in [0.05, 0.1) is 11.9 Å². The number of hydrogen-bond acceptors (Lipinski definition) is 4. The van der Waals surface area contributed by atoms with Crippen molar-refractivity contribution in [2.45, 2.75) is 6.92 Å². The molecular formula is C17H15FN4O3. The van der Waals surface area contributed by atoms with Gasteiger partial charge in [-0.2, -0.15) is 0 Å². The van der Waals surface area contributed by atoms with E-state index < -0.39 is 11.7 Å². The van der Waals surface area contributed by atoms with Gasteiger partial charge in [0.1, 0.15) is 11.4 Å². The van der Waals surface area contributed by atoms with Crippen LogP contribution in [0.15, 0.2) is 42.7 Å². The molecule has 0 spiro atoms. The number of halogens is 1. The monoisotopic (exact) mass is 342 g/mol. The predicted octanol–water partition coefficient (Wildman–Crippen LogP) is 2.57. The van der Waals surface area contributed by atoms with Gasteiger partial charge in [0.25, 0.3) is 0 Å². The minimum Gasteiger partial charge on any atom is -0.453 e. The molecule has 1 aromatic carbocycles. The molecule has 0 saturated carbocycles. The number of fused-ring (bicyclic) bond motifs is 1. The standard InChI is InChI=1S/C17H15FN4O3/c1-10(23)21-9-16(24)22-11-2-3-15(13(18)8-11)25-14-5-7-20-17-12(14)4-6-19-17/h2-8H,9H2,1H3,(H,19,20)(H,21,23)(H,22,24). The Morgan fingerprint density at radius 3 is 2.84 bits per heavy atom. The van der Waals surface area contributed by atoms with E-state index in [0.717, 1.165) is 11.5 Å². The third-order valence-electron chi connectivity index (χ3n) is 3.35. The van der Waals surface area contributed by atoms with Crippen molar-refractivity contribution in [3.63, 3.8) is 0 Å². The fourth-order valence-corrected chi connectivity index (χ4v) is 2.21. The Morgan fingerprint density at radius 2 is 2.08 bits per heavy atom. The highest BCUT2D eigenvalue weighted by atomic mass is 19.1. The molecule has 3 rings (SSSR count).